The van der Waals surface area contributed by atoms with Crippen molar-refractivity contribution in [3.8, 4) is 6.07 Å². The Morgan fingerprint density at radius 3 is 2.63 bits per heavy atom. The highest BCUT2D eigenvalue weighted by molar-refractivity contribution is 5.24. The molecule has 0 amide bonds. The zero-order valence-electron chi connectivity index (χ0n) is 11.8. The van der Waals surface area contributed by atoms with E-state index in [0.717, 1.165) is 18.9 Å². The number of nitrogens with one attached hydrogen (secondary N) is 1. The minimum Gasteiger partial charge on any atom is -0.295 e. The van der Waals surface area contributed by atoms with Gasteiger partial charge in [0, 0.05) is 6.54 Å². The van der Waals surface area contributed by atoms with Crippen LogP contribution in [0.3, 0.4) is 0 Å². The van der Waals surface area contributed by atoms with Gasteiger partial charge in [0.1, 0.15) is 5.54 Å². The van der Waals surface area contributed by atoms with Gasteiger partial charge in [0.2, 0.25) is 0 Å². The second kappa shape index (κ2) is 4.35. The molecular formula is C17H22N2. The summed E-state index contributed by atoms with van der Waals surface area (Å²) < 4.78 is 0. The molecule has 2 bridgehead atoms. The van der Waals surface area contributed by atoms with Gasteiger partial charge in [0.15, 0.2) is 0 Å². The summed E-state index contributed by atoms with van der Waals surface area (Å²) >= 11 is 0. The van der Waals surface area contributed by atoms with Gasteiger partial charge in [0.25, 0.3) is 0 Å². The molecule has 2 nitrogen and oxygen atoms in total. The van der Waals surface area contributed by atoms with E-state index < -0.39 is 0 Å². The summed E-state index contributed by atoms with van der Waals surface area (Å²) in [6.07, 6.45) is 3.43. The van der Waals surface area contributed by atoms with Gasteiger partial charge in [-0.05, 0) is 42.1 Å². The predicted molar refractivity (Wildman–Crippen MR) is 76.2 cm³/mol. The van der Waals surface area contributed by atoms with E-state index in [-0.39, 0.29) is 5.54 Å². The van der Waals surface area contributed by atoms with Crippen LogP contribution in [0.25, 0.3) is 0 Å². The quantitative estimate of drug-likeness (QED) is 0.896. The summed E-state index contributed by atoms with van der Waals surface area (Å²) in [4.78, 5) is 0. The normalized spacial score (nSPS) is 35.2. The van der Waals surface area contributed by atoms with E-state index in [9.17, 15) is 5.26 Å². The summed E-state index contributed by atoms with van der Waals surface area (Å²) in [6, 6.07) is 13.0. The molecule has 0 radical (unpaired) electrons. The van der Waals surface area contributed by atoms with Gasteiger partial charge in [-0.2, -0.15) is 5.26 Å². The predicted octanol–water partition coefficient (Wildman–Crippen LogP) is 3.49. The number of rotatable bonds is 3. The fourth-order valence-electron chi connectivity index (χ4n) is 4.16. The van der Waals surface area contributed by atoms with E-state index in [0.29, 0.717) is 11.3 Å². The molecule has 0 aliphatic heterocycles. The van der Waals surface area contributed by atoms with E-state index in [4.69, 9.17) is 0 Å². The van der Waals surface area contributed by atoms with Crippen molar-refractivity contribution in [2.45, 2.75) is 45.2 Å². The highest BCUT2D eigenvalue weighted by atomic mass is 15.0. The first kappa shape index (κ1) is 12.7. The molecule has 0 saturated heterocycles. The molecule has 3 aliphatic carbocycles. The molecule has 3 fully saturated rings. The lowest BCUT2D eigenvalue weighted by atomic mass is 9.43. The summed E-state index contributed by atoms with van der Waals surface area (Å²) in [5, 5.41) is 13.3. The molecule has 3 saturated carbocycles. The zero-order chi connectivity index (χ0) is 13.5. The van der Waals surface area contributed by atoms with E-state index >= 15 is 0 Å². The number of nitriles is 1. The molecule has 3 unspecified atom stereocenters. The lowest BCUT2D eigenvalue weighted by Gasteiger charge is -2.63. The van der Waals surface area contributed by atoms with Gasteiger partial charge in [-0.3, -0.25) is 5.32 Å². The first-order chi connectivity index (χ1) is 9.08. The molecule has 2 heteroatoms. The maximum Gasteiger partial charge on any atom is 0.110 e. The summed E-state index contributed by atoms with van der Waals surface area (Å²) in [7, 11) is 0. The lowest BCUT2D eigenvalue weighted by Crippen LogP contribution is -2.66. The van der Waals surface area contributed by atoms with Crippen LogP contribution >= 0.6 is 0 Å². The number of nitrogens with zero attached hydrogens (tertiary/aromatic N) is 1. The first-order valence-electron chi connectivity index (χ1n) is 7.29. The van der Waals surface area contributed by atoms with Crippen LogP contribution in [0.15, 0.2) is 30.3 Å². The second-order valence-corrected chi connectivity index (χ2v) is 6.77. The molecule has 100 valence electrons. The maximum atomic E-state index is 9.73. The van der Waals surface area contributed by atoms with E-state index in [2.05, 4.69) is 49.5 Å². The molecule has 3 atom stereocenters. The van der Waals surface area contributed by atoms with Crippen molar-refractivity contribution in [2.24, 2.45) is 17.3 Å². The zero-order valence-corrected chi connectivity index (χ0v) is 11.8. The molecule has 3 aliphatic rings. The number of fused-ring (bicyclic) bond motifs is 2. The van der Waals surface area contributed by atoms with Crippen LogP contribution in [0.1, 0.15) is 38.7 Å². The topological polar surface area (TPSA) is 35.8 Å². The van der Waals surface area contributed by atoms with Crippen molar-refractivity contribution < 1.29 is 0 Å². The van der Waals surface area contributed by atoms with E-state index in [1.54, 1.807) is 0 Å². The summed E-state index contributed by atoms with van der Waals surface area (Å²) in [6.45, 7) is 5.47. The fraction of sp³-hybridized carbons (Fsp3) is 0.588. The largest absolute Gasteiger partial charge is 0.295 e. The second-order valence-electron chi connectivity index (χ2n) is 6.77. The molecule has 1 N–H and O–H groups in total. The van der Waals surface area contributed by atoms with Gasteiger partial charge >= 0.3 is 0 Å². The van der Waals surface area contributed by atoms with Crippen LogP contribution in [0.5, 0.6) is 0 Å². The van der Waals surface area contributed by atoms with Crippen molar-refractivity contribution >= 4 is 0 Å². The Bertz CT molecular complexity index is 498. The van der Waals surface area contributed by atoms with Crippen LogP contribution in [-0.4, -0.2) is 5.54 Å². The molecule has 0 heterocycles. The molecule has 4 rings (SSSR count). The van der Waals surface area contributed by atoms with Crippen LogP contribution in [-0.2, 0) is 6.54 Å². The lowest BCUT2D eigenvalue weighted by molar-refractivity contribution is -0.111. The highest BCUT2D eigenvalue weighted by Crippen LogP contribution is 2.62. The third kappa shape index (κ3) is 1.88. The maximum absolute atomic E-state index is 9.73. The Morgan fingerprint density at radius 2 is 2.05 bits per heavy atom. The monoisotopic (exact) mass is 254 g/mol. The minimum absolute atomic E-state index is 0.311. The van der Waals surface area contributed by atoms with Crippen LogP contribution in [0.2, 0.25) is 0 Å². The number of benzene rings is 1. The van der Waals surface area contributed by atoms with Gasteiger partial charge < -0.3 is 0 Å². The van der Waals surface area contributed by atoms with Gasteiger partial charge in [-0.1, -0.05) is 44.2 Å². The molecule has 0 spiro atoms. The van der Waals surface area contributed by atoms with Gasteiger partial charge in [0.05, 0.1) is 6.07 Å². The smallest absolute Gasteiger partial charge is 0.110 e. The highest BCUT2D eigenvalue weighted by Gasteiger charge is 2.61. The number of hydrogen-bond donors (Lipinski definition) is 1. The summed E-state index contributed by atoms with van der Waals surface area (Å²) in [5.74, 6) is 1.34. The van der Waals surface area contributed by atoms with Crippen molar-refractivity contribution in [1.82, 2.24) is 5.32 Å². The molecule has 19 heavy (non-hydrogen) atoms. The van der Waals surface area contributed by atoms with Crippen molar-refractivity contribution in [1.29, 1.82) is 5.26 Å². The van der Waals surface area contributed by atoms with Crippen molar-refractivity contribution in [3.05, 3.63) is 35.9 Å². The van der Waals surface area contributed by atoms with E-state index in [1.165, 1.54) is 18.4 Å². The Labute approximate surface area is 115 Å². The van der Waals surface area contributed by atoms with Crippen LogP contribution in [0, 0.1) is 28.6 Å². The van der Waals surface area contributed by atoms with E-state index in [1.807, 2.05) is 6.07 Å². The van der Waals surface area contributed by atoms with Crippen LogP contribution in [0.4, 0.5) is 0 Å². The van der Waals surface area contributed by atoms with Crippen LogP contribution < -0.4 is 5.32 Å². The standard InChI is InChI=1S/C17H22N2/c1-16(2)14-8-9-17(12-18,15(16)10-14)19-11-13-6-4-3-5-7-13/h3-7,14-15,19H,8-11H2,1-2H3. The SMILES string of the molecule is CC1(C)C2CCC(C#N)(NCc3ccccc3)C1C2. The Hall–Kier alpha value is -1.33. The Balaban J connectivity index is 1.76. The van der Waals surface area contributed by atoms with Gasteiger partial charge in [-0.15, -0.1) is 0 Å². The third-order valence-electron chi connectivity index (χ3n) is 5.60. The minimum atomic E-state index is -0.311. The molecule has 0 aromatic heterocycles. The molecular weight excluding hydrogens is 232 g/mol. The average Bonchev–Trinajstić information content (AvgIpc) is 2.46. The van der Waals surface area contributed by atoms with Crippen molar-refractivity contribution in [3.63, 3.8) is 0 Å². The third-order valence-corrected chi connectivity index (χ3v) is 5.60. The Kier molecular flexibility index (Phi) is 2.91. The average molecular weight is 254 g/mol. The fourth-order valence-corrected chi connectivity index (χ4v) is 4.16. The molecule has 1 aromatic carbocycles. The summed E-state index contributed by atoms with van der Waals surface area (Å²) in [5.41, 5.74) is 1.28. The number of hydrogen-bond acceptors (Lipinski definition) is 2. The first-order valence-corrected chi connectivity index (χ1v) is 7.29. The van der Waals surface area contributed by atoms with Gasteiger partial charge in [-0.25, -0.2) is 0 Å². The Morgan fingerprint density at radius 1 is 1.32 bits per heavy atom. The molecule has 1 aromatic rings. The van der Waals surface area contributed by atoms with Crippen molar-refractivity contribution in [2.75, 3.05) is 0 Å².